The molecule has 1 heterocycles. The predicted octanol–water partition coefficient (Wildman–Crippen LogP) is 2.37. The van der Waals surface area contributed by atoms with E-state index in [9.17, 15) is 13.5 Å². The van der Waals surface area contributed by atoms with E-state index >= 15 is 0 Å². The van der Waals surface area contributed by atoms with Gasteiger partial charge in [0.25, 0.3) is 0 Å². The van der Waals surface area contributed by atoms with Gasteiger partial charge in [-0.15, -0.1) is 11.3 Å². The summed E-state index contributed by atoms with van der Waals surface area (Å²) >= 11 is 1.52. The Hall–Kier alpha value is -0.910. The Morgan fingerprint density at radius 2 is 1.94 bits per heavy atom. The fourth-order valence-electron chi connectivity index (χ4n) is 1.71. The first-order chi connectivity index (χ1) is 7.91. The lowest BCUT2D eigenvalue weighted by Crippen LogP contribution is -2.24. The number of hydrogen-bond acceptors (Lipinski definition) is 4. The van der Waals surface area contributed by atoms with Crippen LogP contribution in [0.3, 0.4) is 0 Å². The number of aliphatic hydroxyl groups is 1. The van der Waals surface area contributed by atoms with E-state index in [1.807, 2.05) is 29.6 Å². The minimum atomic E-state index is -3.24. The Morgan fingerprint density at radius 1 is 1.29 bits per heavy atom. The van der Waals surface area contributed by atoms with Gasteiger partial charge >= 0.3 is 0 Å². The van der Waals surface area contributed by atoms with Crippen LogP contribution < -0.4 is 0 Å². The Balaban J connectivity index is 2.47. The number of thiophene rings is 1. The minimum Gasteiger partial charge on any atom is -0.387 e. The van der Waals surface area contributed by atoms with Crippen LogP contribution in [0, 0.1) is 0 Å². The second kappa shape index (κ2) is 4.40. The molecule has 0 amide bonds. The van der Waals surface area contributed by atoms with E-state index in [0.717, 1.165) is 16.3 Å². The quantitative estimate of drug-likeness (QED) is 0.931. The molecule has 1 N–H and O–H groups in total. The van der Waals surface area contributed by atoms with Crippen molar-refractivity contribution in [3.8, 4) is 0 Å². The highest BCUT2D eigenvalue weighted by Gasteiger charge is 2.27. The third-order valence-corrected chi connectivity index (χ3v) is 5.54. The maximum atomic E-state index is 11.4. The molecule has 17 heavy (non-hydrogen) atoms. The van der Waals surface area contributed by atoms with Crippen LogP contribution in [0.25, 0.3) is 10.1 Å². The molecule has 2 aromatic rings. The first kappa shape index (κ1) is 12.5. The fourth-order valence-corrected chi connectivity index (χ4v) is 3.32. The summed E-state index contributed by atoms with van der Waals surface area (Å²) in [6.45, 7) is 1.53. The smallest absolute Gasteiger partial charge is 0.152 e. The number of aliphatic hydroxyl groups excluding tert-OH is 1. The summed E-state index contributed by atoms with van der Waals surface area (Å²) in [5.74, 6) is 0. The van der Waals surface area contributed by atoms with Gasteiger partial charge < -0.3 is 5.11 Å². The minimum absolute atomic E-state index is 0.698. The highest BCUT2D eigenvalue weighted by Crippen LogP contribution is 2.33. The zero-order chi connectivity index (χ0) is 12.6. The van der Waals surface area contributed by atoms with E-state index in [1.54, 1.807) is 0 Å². The molecule has 3 nitrogen and oxygen atoms in total. The molecule has 0 spiro atoms. The van der Waals surface area contributed by atoms with Crippen molar-refractivity contribution in [1.82, 2.24) is 0 Å². The van der Waals surface area contributed by atoms with Crippen LogP contribution in [0.15, 0.2) is 29.6 Å². The van der Waals surface area contributed by atoms with Crippen molar-refractivity contribution in [2.75, 3.05) is 6.26 Å². The fraction of sp³-hybridized carbons (Fsp3) is 0.333. The number of hydrogen-bond donors (Lipinski definition) is 1. The molecule has 1 aromatic carbocycles. The molecule has 0 fully saturated rings. The Kier molecular flexibility index (Phi) is 3.25. The topological polar surface area (TPSA) is 54.4 Å². The zero-order valence-electron chi connectivity index (χ0n) is 9.62. The second-order valence-corrected chi connectivity index (χ2v) is 7.48. The molecule has 92 valence electrons. The van der Waals surface area contributed by atoms with Crippen LogP contribution >= 0.6 is 11.3 Å². The Labute approximate surface area is 105 Å². The van der Waals surface area contributed by atoms with E-state index < -0.39 is 21.2 Å². The van der Waals surface area contributed by atoms with Gasteiger partial charge in [-0.1, -0.05) is 18.2 Å². The second-order valence-electron chi connectivity index (χ2n) is 4.17. The summed E-state index contributed by atoms with van der Waals surface area (Å²) < 4.78 is 24.0. The van der Waals surface area contributed by atoms with Gasteiger partial charge in [-0.25, -0.2) is 8.42 Å². The van der Waals surface area contributed by atoms with Gasteiger partial charge in [-0.05, 0) is 23.8 Å². The lowest BCUT2D eigenvalue weighted by atomic mass is 10.1. The average Bonchev–Trinajstić information content (AvgIpc) is 2.69. The Morgan fingerprint density at radius 3 is 2.59 bits per heavy atom. The van der Waals surface area contributed by atoms with Crippen LogP contribution in [0.4, 0.5) is 0 Å². The number of fused-ring (bicyclic) bond motifs is 1. The van der Waals surface area contributed by atoms with Crippen molar-refractivity contribution < 1.29 is 13.5 Å². The van der Waals surface area contributed by atoms with E-state index in [1.165, 1.54) is 18.3 Å². The van der Waals surface area contributed by atoms with Crippen LogP contribution in [-0.4, -0.2) is 25.0 Å². The molecule has 2 unspecified atom stereocenters. The summed E-state index contributed by atoms with van der Waals surface area (Å²) in [6.07, 6.45) is 0.177. The normalized spacial score (nSPS) is 15.9. The lowest BCUT2D eigenvalue weighted by molar-refractivity contribution is 0.178. The van der Waals surface area contributed by atoms with Crippen LogP contribution in [0.5, 0.6) is 0 Å². The number of sulfone groups is 1. The molecule has 1 aromatic heterocycles. The van der Waals surface area contributed by atoms with Crippen molar-refractivity contribution in [3.05, 3.63) is 35.2 Å². The molecular weight excluding hydrogens is 256 g/mol. The van der Waals surface area contributed by atoms with Gasteiger partial charge in [0.1, 0.15) is 0 Å². The number of benzene rings is 1. The molecule has 5 heteroatoms. The maximum Gasteiger partial charge on any atom is 0.152 e. The van der Waals surface area contributed by atoms with E-state index in [2.05, 4.69) is 0 Å². The summed E-state index contributed by atoms with van der Waals surface area (Å²) in [6, 6.07) is 7.67. The molecule has 0 bridgehead atoms. The Bertz CT molecular complexity index is 628. The summed E-state index contributed by atoms with van der Waals surface area (Å²) in [7, 11) is -3.24. The van der Waals surface area contributed by atoms with Gasteiger partial charge in [0.15, 0.2) is 9.84 Å². The SMILES string of the molecule is CC(C(O)c1csc2ccccc12)S(C)(=O)=O. The highest BCUT2D eigenvalue weighted by atomic mass is 32.2. The predicted molar refractivity (Wildman–Crippen MR) is 71.1 cm³/mol. The van der Waals surface area contributed by atoms with Crippen LogP contribution in [0.2, 0.25) is 0 Å². The van der Waals surface area contributed by atoms with Crippen molar-refractivity contribution in [2.45, 2.75) is 18.3 Å². The van der Waals surface area contributed by atoms with Gasteiger partial charge in [-0.3, -0.25) is 0 Å². The highest BCUT2D eigenvalue weighted by molar-refractivity contribution is 7.91. The third-order valence-electron chi connectivity index (χ3n) is 2.95. The first-order valence-corrected chi connectivity index (χ1v) is 8.07. The van der Waals surface area contributed by atoms with Crippen molar-refractivity contribution >= 4 is 31.3 Å². The van der Waals surface area contributed by atoms with E-state index in [-0.39, 0.29) is 0 Å². The monoisotopic (exact) mass is 270 g/mol. The molecule has 2 rings (SSSR count). The zero-order valence-corrected chi connectivity index (χ0v) is 11.3. The maximum absolute atomic E-state index is 11.4. The standard InChI is InChI=1S/C12H14O3S2/c1-8(17(2,14)15)12(13)10-7-16-11-6-4-3-5-9(10)11/h3-8,12-13H,1-2H3. The molecular formula is C12H14O3S2. The molecule has 0 saturated carbocycles. The van der Waals surface area contributed by atoms with Crippen LogP contribution in [0.1, 0.15) is 18.6 Å². The first-order valence-electron chi connectivity index (χ1n) is 5.24. The molecule has 0 radical (unpaired) electrons. The summed E-state index contributed by atoms with van der Waals surface area (Å²) in [5.41, 5.74) is 0.698. The summed E-state index contributed by atoms with van der Waals surface area (Å²) in [5, 5.41) is 12.1. The average molecular weight is 270 g/mol. The third kappa shape index (κ3) is 2.36. The van der Waals surface area contributed by atoms with Crippen molar-refractivity contribution in [2.24, 2.45) is 0 Å². The summed E-state index contributed by atoms with van der Waals surface area (Å²) in [4.78, 5) is 0. The van der Waals surface area contributed by atoms with Gasteiger partial charge in [0.2, 0.25) is 0 Å². The molecule has 0 aliphatic carbocycles. The van der Waals surface area contributed by atoms with E-state index in [0.29, 0.717) is 5.56 Å². The van der Waals surface area contributed by atoms with Gasteiger partial charge in [-0.2, -0.15) is 0 Å². The largest absolute Gasteiger partial charge is 0.387 e. The van der Waals surface area contributed by atoms with Crippen molar-refractivity contribution in [1.29, 1.82) is 0 Å². The van der Waals surface area contributed by atoms with Gasteiger partial charge in [0, 0.05) is 16.5 Å². The number of rotatable bonds is 3. The van der Waals surface area contributed by atoms with Crippen molar-refractivity contribution in [3.63, 3.8) is 0 Å². The van der Waals surface area contributed by atoms with Gasteiger partial charge in [0.05, 0.1) is 11.4 Å². The lowest BCUT2D eigenvalue weighted by Gasteiger charge is -2.16. The van der Waals surface area contributed by atoms with E-state index in [4.69, 9.17) is 0 Å². The molecule has 0 saturated heterocycles. The molecule has 2 atom stereocenters. The molecule has 0 aliphatic heterocycles. The van der Waals surface area contributed by atoms with Crippen LogP contribution in [-0.2, 0) is 9.84 Å². The molecule has 0 aliphatic rings.